The first-order valence-electron chi connectivity index (χ1n) is 7.88. The Hall–Kier alpha value is -2.39. The zero-order valence-corrected chi connectivity index (χ0v) is 15.9. The number of aromatic nitrogens is 1. The van der Waals surface area contributed by atoms with E-state index in [0.29, 0.717) is 26.0 Å². The normalized spacial score (nSPS) is 11.4. The smallest absolute Gasteiger partial charge is 0.462 e. The van der Waals surface area contributed by atoms with Gasteiger partial charge in [-0.1, -0.05) is 12.1 Å². The number of rotatable bonds is 5. The van der Waals surface area contributed by atoms with E-state index < -0.39 is 12.3 Å². The number of para-hydroxylation sites is 1. The number of alkyl halides is 3. The summed E-state index contributed by atoms with van der Waals surface area (Å²) in [6, 6.07) is 9.43. The minimum absolute atomic E-state index is 0.263. The van der Waals surface area contributed by atoms with Gasteiger partial charge in [0.2, 0.25) is 0 Å². The Balaban J connectivity index is 1.93. The van der Waals surface area contributed by atoms with Crippen molar-refractivity contribution < 1.29 is 27.4 Å². The van der Waals surface area contributed by atoms with Gasteiger partial charge in [0.05, 0.1) is 17.2 Å². The Morgan fingerprint density at radius 1 is 1.11 bits per heavy atom. The van der Waals surface area contributed by atoms with E-state index in [1.165, 1.54) is 34.8 Å². The molecule has 0 aliphatic heterocycles. The summed E-state index contributed by atoms with van der Waals surface area (Å²) in [5.74, 6) is -0.694. The molecule has 0 fully saturated rings. The van der Waals surface area contributed by atoms with E-state index in [4.69, 9.17) is 4.74 Å². The van der Waals surface area contributed by atoms with E-state index in [2.05, 4.69) is 9.72 Å². The minimum atomic E-state index is -4.77. The van der Waals surface area contributed by atoms with Gasteiger partial charge in [-0.25, -0.2) is 9.78 Å². The molecule has 0 aliphatic rings. The third kappa shape index (κ3) is 4.48. The molecular formula is C18H14F3NO3S2. The predicted octanol–water partition coefficient (Wildman–Crippen LogP) is 5.92. The maximum atomic E-state index is 12.6. The number of carbonyl (C=O) groups excluding carboxylic acids is 1. The Labute approximate surface area is 161 Å². The minimum Gasteiger partial charge on any atom is -0.462 e. The molecule has 0 spiro atoms. The van der Waals surface area contributed by atoms with Crippen molar-refractivity contribution in [2.24, 2.45) is 0 Å². The van der Waals surface area contributed by atoms with Crippen LogP contribution in [0.15, 0.2) is 36.4 Å². The maximum Gasteiger partial charge on any atom is 0.573 e. The van der Waals surface area contributed by atoms with Crippen molar-refractivity contribution in [2.45, 2.75) is 20.2 Å². The molecule has 0 bridgehead atoms. The number of carbonyl (C=O) groups is 1. The average Bonchev–Trinajstić information content (AvgIpc) is 3.21. The monoisotopic (exact) mass is 413 g/mol. The van der Waals surface area contributed by atoms with Crippen LogP contribution in [0.5, 0.6) is 5.75 Å². The molecular weight excluding hydrogens is 399 g/mol. The molecule has 2 aromatic heterocycles. The topological polar surface area (TPSA) is 48.4 Å². The number of aryl methyl sites for hydroxylation is 1. The molecule has 0 saturated carbocycles. The SMILES string of the molecule is CCOC(=O)c1sc(-c2ccc(-c3ccccc3OC(F)(F)F)s2)nc1C. The van der Waals surface area contributed by atoms with E-state index in [-0.39, 0.29) is 12.4 Å². The molecule has 2 heterocycles. The molecule has 0 atom stereocenters. The van der Waals surface area contributed by atoms with Crippen LogP contribution >= 0.6 is 22.7 Å². The van der Waals surface area contributed by atoms with Crippen molar-refractivity contribution in [2.75, 3.05) is 6.61 Å². The molecule has 142 valence electrons. The van der Waals surface area contributed by atoms with Crippen LogP contribution in [0.4, 0.5) is 13.2 Å². The largest absolute Gasteiger partial charge is 0.573 e. The summed E-state index contributed by atoms with van der Waals surface area (Å²) in [5.41, 5.74) is 0.897. The van der Waals surface area contributed by atoms with Gasteiger partial charge in [-0.15, -0.1) is 35.8 Å². The summed E-state index contributed by atoms with van der Waals surface area (Å²) in [4.78, 5) is 18.1. The highest BCUT2D eigenvalue weighted by atomic mass is 32.1. The summed E-state index contributed by atoms with van der Waals surface area (Å²) in [6.07, 6.45) is -4.77. The van der Waals surface area contributed by atoms with Crippen LogP contribution in [0.25, 0.3) is 20.3 Å². The Morgan fingerprint density at radius 3 is 2.52 bits per heavy atom. The Bertz CT molecular complexity index is 963. The van der Waals surface area contributed by atoms with Crippen LogP contribution in [-0.2, 0) is 4.74 Å². The molecule has 3 aromatic rings. The molecule has 0 radical (unpaired) electrons. The Kier molecular flexibility index (Phi) is 5.52. The fourth-order valence-electron chi connectivity index (χ4n) is 2.37. The van der Waals surface area contributed by atoms with Gasteiger partial charge in [-0.2, -0.15) is 0 Å². The predicted molar refractivity (Wildman–Crippen MR) is 98.2 cm³/mol. The Morgan fingerprint density at radius 2 is 1.81 bits per heavy atom. The van der Waals surface area contributed by atoms with Gasteiger partial charge in [0.1, 0.15) is 15.6 Å². The van der Waals surface area contributed by atoms with Gasteiger partial charge in [-0.3, -0.25) is 0 Å². The fourth-order valence-corrected chi connectivity index (χ4v) is 4.42. The fraction of sp³-hybridized carbons (Fsp3) is 0.222. The summed E-state index contributed by atoms with van der Waals surface area (Å²) in [6.45, 7) is 3.71. The number of esters is 1. The third-order valence-electron chi connectivity index (χ3n) is 3.45. The van der Waals surface area contributed by atoms with Crippen LogP contribution in [0.1, 0.15) is 22.3 Å². The van der Waals surface area contributed by atoms with Crippen molar-refractivity contribution in [3.8, 4) is 26.1 Å². The molecule has 0 N–H and O–H groups in total. The number of halogens is 3. The first kappa shape index (κ1) is 19.4. The molecule has 0 saturated heterocycles. The molecule has 0 unspecified atom stereocenters. The van der Waals surface area contributed by atoms with Gasteiger partial charge in [-0.05, 0) is 38.1 Å². The molecule has 0 aliphatic carbocycles. The van der Waals surface area contributed by atoms with Gasteiger partial charge >= 0.3 is 12.3 Å². The van der Waals surface area contributed by atoms with E-state index in [1.54, 1.807) is 38.1 Å². The lowest BCUT2D eigenvalue weighted by atomic mass is 10.1. The van der Waals surface area contributed by atoms with Crippen LogP contribution in [0.3, 0.4) is 0 Å². The lowest BCUT2D eigenvalue weighted by molar-refractivity contribution is -0.274. The molecule has 0 amide bonds. The lowest BCUT2D eigenvalue weighted by Gasteiger charge is -2.12. The van der Waals surface area contributed by atoms with E-state index in [1.807, 2.05) is 0 Å². The van der Waals surface area contributed by atoms with Gasteiger partial charge in [0, 0.05) is 10.4 Å². The third-order valence-corrected chi connectivity index (χ3v) is 5.88. The van der Waals surface area contributed by atoms with Crippen LogP contribution in [0.2, 0.25) is 0 Å². The second-order valence-electron chi connectivity index (χ2n) is 5.36. The first-order valence-corrected chi connectivity index (χ1v) is 9.51. The zero-order chi connectivity index (χ0) is 19.6. The zero-order valence-electron chi connectivity index (χ0n) is 14.3. The average molecular weight is 413 g/mol. The van der Waals surface area contributed by atoms with Gasteiger partial charge in [0.15, 0.2) is 0 Å². The highest BCUT2D eigenvalue weighted by molar-refractivity contribution is 7.24. The number of thiazole rings is 1. The van der Waals surface area contributed by atoms with Crippen molar-refractivity contribution in [1.29, 1.82) is 0 Å². The highest BCUT2D eigenvalue weighted by Crippen LogP contribution is 2.41. The van der Waals surface area contributed by atoms with Gasteiger partial charge < -0.3 is 9.47 Å². The van der Waals surface area contributed by atoms with Crippen molar-refractivity contribution in [1.82, 2.24) is 4.98 Å². The second-order valence-corrected chi connectivity index (χ2v) is 7.44. The van der Waals surface area contributed by atoms with E-state index in [0.717, 1.165) is 4.88 Å². The van der Waals surface area contributed by atoms with Gasteiger partial charge in [0.25, 0.3) is 0 Å². The lowest BCUT2D eigenvalue weighted by Crippen LogP contribution is -2.17. The molecule has 1 aromatic carbocycles. The van der Waals surface area contributed by atoms with E-state index >= 15 is 0 Å². The maximum absolute atomic E-state index is 12.6. The summed E-state index contributed by atoms with van der Waals surface area (Å²) >= 11 is 2.47. The molecule has 27 heavy (non-hydrogen) atoms. The van der Waals surface area contributed by atoms with Crippen molar-refractivity contribution in [3.05, 3.63) is 47.0 Å². The van der Waals surface area contributed by atoms with Crippen LogP contribution in [0, 0.1) is 6.92 Å². The number of thiophene rings is 1. The molecule has 9 heteroatoms. The first-order chi connectivity index (χ1) is 12.8. The number of nitrogens with zero attached hydrogens (tertiary/aromatic N) is 1. The summed E-state index contributed by atoms with van der Waals surface area (Å²) < 4.78 is 47.0. The second kappa shape index (κ2) is 7.69. The quantitative estimate of drug-likeness (QED) is 0.487. The summed E-state index contributed by atoms with van der Waals surface area (Å²) in [5, 5.41) is 0.612. The summed E-state index contributed by atoms with van der Waals surface area (Å²) in [7, 11) is 0. The highest BCUT2D eigenvalue weighted by Gasteiger charge is 2.32. The number of hydrogen-bond donors (Lipinski definition) is 0. The van der Waals surface area contributed by atoms with Crippen LogP contribution < -0.4 is 4.74 Å². The molecule has 3 rings (SSSR count). The number of benzene rings is 1. The van der Waals surface area contributed by atoms with Crippen molar-refractivity contribution in [3.63, 3.8) is 0 Å². The standard InChI is InChI=1S/C18H14F3NO3S2/c1-3-24-17(23)15-10(2)22-16(27-15)14-9-8-13(26-14)11-6-4-5-7-12(11)25-18(19,20)21/h4-9H,3H2,1-2H3. The van der Waals surface area contributed by atoms with Crippen molar-refractivity contribution >= 4 is 28.6 Å². The molecule has 4 nitrogen and oxygen atoms in total. The van der Waals surface area contributed by atoms with E-state index in [9.17, 15) is 18.0 Å². The van der Waals surface area contributed by atoms with Crippen LogP contribution in [-0.4, -0.2) is 23.9 Å². The number of hydrogen-bond acceptors (Lipinski definition) is 6. The number of ether oxygens (including phenoxy) is 2.